The molecule has 0 N–H and O–H groups in total. The first-order valence-electron chi connectivity index (χ1n) is 6.31. The van der Waals surface area contributed by atoms with Crippen LogP contribution in [0.4, 0.5) is 0 Å². The Morgan fingerprint density at radius 1 is 1.26 bits per heavy atom. The van der Waals surface area contributed by atoms with E-state index in [0.717, 1.165) is 16.9 Å². The van der Waals surface area contributed by atoms with Gasteiger partial charge in [-0.25, -0.2) is 0 Å². The second kappa shape index (κ2) is 6.92. The summed E-state index contributed by atoms with van der Waals surface area (Å²) < 4.78 is 5.20. The molecule has 0 aliphatic heterocycles. The molecule has 4 nitrogen and oxygen atoms in total. The van der Waals surface area contributed by atoms with Crippen LogP contribution in [0, 0.1) is 6.92 Å². The van der Waals surface area contributed by atoms with Crippen molar-refractivity contribution in [3.05, 3.63) is 29.3 Å². The summed E-state index contributed by atoms with van der Waals surface area (Å²) in [4.78, 5) is 24.3. The fourth-order valence-corrected chi connectivity index (χ4v) is 1.87. The quantitative estimate of drug-likeness (QED) is 0.791. The van der Waals surface area contributed by atoms with Crippen molar-refractivity contribution in [3.63, 3.8) is 0 Å². The van der Waals surface area contributed by atoms with Crippen molar-refractivity contribution in [1.82, 2.24) is 4.90 Å². The van der Waals surface area contributed by atoms with E-state index in [4.69, 9.17) is 4.74 Å². The second-order valence-corrected chi connectivity index (χ2v) is 4.76. The lowest BCUT2D eigenvalue weighted by Crippen LogP contribution is -2.26. The molecule has 0 fully saturated rings. The minimum absolute atomic E-state index is 0.0105. The van der Waals surface area contributed by atoms with Gasteiger partial charge < -0.3 is 14.4 Å². The number of ketones is 1. The number of ether oxygens (including phenoxy) is 1. The average molecular weight is 263 g/mol. The Morgan fingerprint density at radius 3 is 2.47 bits per heavy atom. The first-order valence-corrected chi connectivity index (χ1v) is 6.31. The summed E-state index contributed by atoms with van der Waals surface area (Å²) in [5, 5.41) is 0. The van der Waals surface area contributed by atoms with Gasteiger partial charge in [-0.15, -0.1) is 0 Å². The van der Waals surface area contributed by atoms with Crippen molar-refractivity contribution in [2.45, 2.75) is 33.2 Å². The lowest BCUT2D eigenvalue weighted by atomic mass is 10.1. The first kappa shape index (κ1) is 15.2. The van der Waals surface area contributed by atoms with Gasteiger partial charge in [0.2, 0.25) is 5.91 Å². The van der Waals surface area contributed by atoms with Gasteiger partial charge in [-0.3, -0.25) is 4.79 Å². The summed E-state index contributed by atoms with van der Waals surface area (Å²) in [6, 6.07) is 5.85. The Kier molecular flexibility index (Phi) is 5.55. The number of hydrogen-bond donors (Lipinski definition) is 0. The molecular weight excluding hydrogens is 242 g/mol. The predicted octanol–water partition coefficient (Wildman–Crippen LogP) is 2.33. The predicted molar refractivity (Wildman–Crippen MR) is 74.1 cm³/mol. The maximum absolute atomic E-state index is 11.8. The van der Waals surface area contributed by atoms with Gasteiger partial charge in [0.15, 0.2) is 0 Å². The third-order valence-electron chi connectivity index (χ3n) is 3.00. The van der Waals surface area contributed by atoms with Gasteiger partial charge in [0.1, 0.15) is 11.5 Å². The second-order valence-electron chi connectivity index (χ2n) is 4.76. The summed E-state index contributed by atoms with van der Waals surface area (Å²) in [5.74, 6) is 0.875. The highest BCUT2D eigenvalue weighted by Crippen LogP contribution is 2.19. The van der Waals surface area contributed by atoms with Crippen molar-refractivity contribution in [3.8, 4) is 5.75 Å². The Labute approximate surface area is 114 Å². The highest BCUT2D eigenvalue weighted by molar-refractivity contribution is 5.83. The number of nitrogens with zero attached hydrogens (tertiary/aromatic N) is 1. The maximum Gasteiger partial charge on any atom is 0.223 e. The molecule has 4 heteroatoms. The zero-order chi connectivity index (χ0) is 14.4. The molecule has 1 rings (SSSR count). The number of benzene rings is 1. The molecule has 1 aromatic carbocycles. The maximum atomic E-state index is 11.8. The lowest BCUT2D eigenvalue weighted by Gasteiger charge is -2.17. The van der Waals surface area contributed by atoms with Crippen LogP contribution in [0.3, 0.4) is 0 Å². The number of aryl methyl sites for hydroxylation is 1. The molecule has 0 unspecified atom stereocenters. The van der Waals surface area contributed by atoms with E-state index in [1.807, 2.05) is 25.1 Å². The molecule has 0 saturated heterocycles. The molecule has 0 saturated carbocycles. The highest BCUT2D eigenvalue weighted by Gasteiger charge is 2.10. The van der Waals surface area contributed by atoms with Crippen LogP contribution in [-0.4, -0.2) is 30.7 Å². The number of hydrogen-bond acceptors (Lipinski definition) is 3. The normalized spacial score (nSPS) is 10.1. The molecule has 0 heterocycles. The van der Waals surface area contributed by atoms with Crippen molar-refractivity contribution < 1.29 is 14.3 Å². The Hall–Kier alpha value is -1.84. The number of amides is 1. The van der Waals surface area contributed by atoms with E-state index < -0.39 is 0 Å². The van der Waals surface area contributed by atoms with Crippen LogP contribution in [0.15, 0.2) is 18.2 Å². The van der Waals surface area contributed by atoms with Gasteiger partial charge in [-0.1, -0.05) is 12.1 Å². The Bertz CT molecular complexity index is 468. The van der Waals surface area contributed by atoms with Crippen molar-refractivity contribution in [2.75, 3.05) is 14.2 Å². The van der Waals surface area contributed by atoms with Gasteiger partial charge in [-0.2, -0.15) is 0 Å². The van der Waals surface area contributed by atoms with Crippen molar-refractivity contribution in [2.24, 2.45) is 0 Å². The molecule has 1 aromatic rings. The molecular formula is C15H21NO3. The molecule has 104 valence electrons. The molecule has 19 heavy (non-hydrogen) atoms. The van der Waals surface area contributed by atoms with Crippen LogP contribution in [0.2, 0.25) is 0 Å². The van der Waals surface area contributed by atoms with E-state index in [1.165, 1.54) is 6.92 Å². The third-order valence-corrected chi connectivity index (χ3v) is 3.00. The SMILES string of the molecule is COc1ccc(CN(C)C(=O)CCC(C)=O)cc1C. The standard InChI is InChI=1S/C15H21NO3/c1-11-9-13(6-7-14(11)19-4)10-16(3)15(18)8-5-12(2)17/h6-7,9H,5,8,10H2,1-4H3. The number of carbonyl (C=O) groups excluding carboxylic acids is 2. The van der Waals surface area contributed by atoms with E-state index in [1.54, 1.807) is 19.1 Å². The van der Waals surface area contributed by atoms with Crippen LogP contribution < -0.4 is 4.74 Å². The van der Waals surface area contributed by atoms with Crippen molar-refractivity contribution in [1.29, 1.82) is 0 Å². The Balaban J connectivity index is 2.61. The Morgan fingerprint density at radius 2 is 1.95 bits per heavy atom. The summed E-state index contributed by atoms with van der Waals surface area (Å²) in [7, 11) is 3.39. The summed E-state index contributed by atoms with van der Waals surface area (Å²) >= 11 is 0. The van der Waals surface area contributed by atoms with Gasteiger partial charge in [0.25, 0.3) is 0 Å². The lowest BCUT2D eigenvalue weighted by molar-refractivity contribution is -0.132. The average Bonchev–Trinajstić information content (AvgIpc) is 2.36. The smallest absolute Gasteiger partial charge is 0.223 e. The van der Waals surface area contributed by atoms with Gasteiger partial charge >= 0.3 is 0 Å². The monoisotopic (exact) mass is 263 g/mol. The number of Topliss-reactive ketones (excluding diaryl/α,β-unsaturated/α-hetero) is 1. The molecule has 0 aromatic heterocycles. The zero-order valence-electron chi connectivity index (χ0n) is 12.0. The van der Waals surface area contributed by atoms with Crippen LogP contribution in [0.5, 0.6) is 5.75 Å². The van der Waals surface area contributed by atoms with E-state index in [2.05, 4.69) is 0 Å². The zero-order valence-corrected chi connectivity index (χ0v) is 12.0. The largest absolute Gasteiger partial charge is 0.496 e. The van der Waals surface area contributed by atoms with Crippen LogP contribution in [-0.2, 0) is 16.1 Å². The fourth-order valence-electron chi connectivity index (χ4n) is 1.87. The van der Waals surface area contributed by atoms with Crippen LogP contribution in [0.25, 0.3) is 0 Å². The number of rotatable bonds is 6. The van der Waals surface area contributed by atoms with E-state index in [9.17, 15) is 9.59 Å². The molecule has 0 atom stereocenters. The van der Waals surface area contributed by atoms with Gasteiger partial charge in [0.05, 0.1) is 7.11 Å². The van der Waals surface area contributed by atoms with Crippen LogP contribution >= 0.6 is 0 Å². The first-order chi connectivity index (χ1) is 8.93. The topological polar surface area (TPSA) is 46.6 Å². The minimum Gasteiger partial charge on any atom is -0.496 e. The summed E-state index contributed by atoms with van der Waals surface area (Å²) in [6.07, 6.45) is 0.589. The van der Waals surface area contributed by atoms with E-state index in [0.29, 0.717) is 13.0 Å². The highest BCUT2D eigenvalue weighted by atomic mass is 16.5. The van der Waals surface area contributed by atoms with Crippen molar-refractivity contribution >= 4 is 11.7 Å². The molecule has 0 aliphatic rings. The molecule has 0 aliphatic carbocycles. The summed E-state index contributed by atoms with van der Waals surface area (Å²) in [5.41, 5.74) is 2.10. The fraction of sp³-hybridized carbons (Fsp3) is 0.467. The summed E-state index contributed by atoms with van der Waals surface area (Å²) in [6.45, 7) is 4.02. The van der Waals surface area contributed by atoms with E-state index >= 15 is 0 Å². The molecule has 0 radical (unpaired) electrons. The van der Waals surface area contributed by atoms with Crippen LogP contribution in [0.1, 0.15) is 30.9 Å². The third kappa shape index (κ3) is 4.73. The number of methoxy groups -OCH3 is 1. The molecule has 0 bridgehead atoms. The van der Waals surface area contributed by atoms with Gasteiger partial charge in [-0.05, 0) is 31.0 Å². The minimum atomic E-state index is -0.0105. The molecule has 1 amide bonds. The van der Waals surface area contributed by atoms with E-state index in [-0.39, 0.29) is 18.1 Å². The van der Waals surface area contributed by atoms with Gasteiger partial charge in [0, 0.05) is 26.4 Å². The molecule has 0 spiro atoms. The number of carbonyl (C=O) groups is 2.